The minimum Gasteiger partial charge on any atom is -0.569 e. The fourth-order valence-corrected chi connectivity index (χ4v) is 5.08. The van der Waals surface area contributed by atoms with E-state index in [1.807, 2.05) is 11.6 Å². The molecule has 18 heteroatoms. The van der Waals surface area contributed by atoms with Gasteiger partial charge >= 0.3 is 12.3 Å². The van der Waals surface area contributed by atoms with Crippen LogP contribution in [0.15, 0.2) is 64.8 Å². The average molecular weight is 669 g/mol. The molecule has 4 rings (SSSR count). The molecule has 1 unspecified atom stereocenters. The second-order valence-electron chi connectivity index (χ2n) is 11.3. The van der Waals surface area contributed by atoms with E-state index in [-0.39, 0.29) is 34.3 Å². The molecule has 0 saturated carbocycles. The summed E-state index contributed by atoms with van der Waals surface area (Å²) in [5, 5.41) is 20.1. The number of hydrogen-bond acceptors (Lipinski definition) is 10. The SMILES string of the molecule is Cc1ccc(-c2cc(C(F)(F)F)nn2-c2ccc(S(=O)(=O)NC(=O)C3CN(/[N+]([O-])=N\OC(C)OC(=O)OC(C)(C)C)C3)cc2)cc1. The number of sulfonamides is 1. The zero-order chi connectivity index (χ0) is 34.0. The third-order valence-corrected chi connectivity index (χ3v) is 7.73. The predicted molar refractivity (Wildman–Crippen MR) is 153 cm³/mol. The Labute approximate surface area is 261 Å². The van der Waals surface area contributed by atoms with Crippen LogP contribution in [0.25, 0.3) is 16.9 Å². The van der Waals surface area contributed by atoms with E-state index in [9.17, 15) is 36.4 Å². The van der Waals surface area contributed by atoms with Gasteiger partial charge in [-0.3, -0.25) is 9.63 Å². The second kappa shape index (κ2) is 12.9. The Hall–Kier alpha value is -4.87. The normalized spacial score (nSPS) is 15.1. The highest BCUT2D eigenvalue weighted by molar-refractivity contribution is 7.90. The lowest BCUT2D eigenvalue weighted by molar-refractivity contribution is -0.727. The molecule has 1 N–H and O–H groups in total. The van der Waals surface area contributed by atoms with Crippen LogP contribution in [0.1, 0.15) is 39.0 Å². The number of benzene rings is 2. The van der Waals surface area contributed by atoms with Gasteiger partial charge in [-0.25, -0.2) is 22.6 Å². The summed E-state index contributed by atoms with van der Waals surface area (Å²) in [7, 11) is -4.38. The zero-order valence-corrected chi connectivity index (χ0v) is 26.1. The van der Waals surface area contributed by atoms with Gasteiger partial charge in [-0.15, -0.1) is 5.01 Å². The fraction of sp³-hybridized carbons (Fsp3) is 0.393. The molecule has 46 heavy (non-hydrogen) atoms. The van der Waals surface area contributed by atoms with Crippen molar-refractivity contribution < 1.29 is 50.5 Å². The minimum atomic E-state index is -4.71. The van der Waals surface area contributed by atoms with Crippen molar-refractivity contribution in [3.05, 3.63) is 71.1 Å². The first kappa shape index (κ1) is 34.0. The molecule has 1 aromatic heterocycles. The first-order valence-electron chi connectivity index (χ1n) is 13.7. The Morgan fingerprint density at radius 3 is 2.26 bits per heavy atom. The van der Waals surface area contributed by atoms with Crippen LogP contribution in [0.4, 0.5) is 18.0 Å². The molecule has 0 spiro atoms. The molecule has 2 aromatic carbocycles. The molecule has 1 fully saturated rings. The first-order chi connectivity index (χ1) is 21.3. The number of halogens is 3. The molecule has 1 amide bonds. The number of carbonyl (C=O) groups excluding carboxylic acids is 2. The van der Waals surface area contributed by atoms with E-state index < -0.39 is 51.8 Å². The van der Waals surface area contributed by atoms with Crippen LogP contribution >= 0.6 is 0 Å². The molecule has 3 aromatic rings. The molecule has 14 nitrogen and oxygen atoms in total. The maximum absolute atomic E-state index is 13.5. The lowest BCUT2D eigenvalue weighted by atomic mass is 10.0. The van der Waals surface area contributed by atoms with Crippen molar-refractivity contribution in [3.63, 3.8) is 0 Å². The highest BCUT2D eigenvalue weighted by Crippen LogP contribution is 2.33. The van der Waals surface area contributed by atoms with Crippen molar-refractivity contribution in [2.75, 3.05) is 13.1 Å². The largest absolute Gasteiger partial charge is 0.569 e. The summed E-state index contributed by atoms with van der Waals surface area (Å²) in [6.07, 6.45) is -7.01. The third-order valence-electron chi connectivity index (χ3n) is 6.37. The van der Waals surface area contributed by atoms with Gasteiger partial charge in [0.25, 0.3) is 16.3 Å². The minimum absolute atomic E-state index is 0.0241. The molecule has 248 valence electrons. The van der Waals surface area contributed by atoms with Crippen molar-refractivity contribution in [3.8, 4) is 16.9 Å². The fourth-order valence-electron chi connectivity index (χ4n) is 4.04. The number of hydrazine groups is 1. The predicted octanol–water partition coefficient (Wildman–Crippen LogP) is 4.71. The number of aryl methyl sites for hydroxylation is 1. The van der Waals surface area contributed by atoms with Crippen LogP contribution < -0.4 is 4.72 Å². The van der Waals surface area contributed by atoms with Gasteiger partial charge in [0.05, 0.1) is 40.3 Å². The summed E-state index contributed by atoms with van der Waals surface area (Å²) in [5.74, 6) is -1.78. The lowest BCUT2D eigenvalue weighted by Crippen LogP contribution is -2.56. The number of nitrogens with zero attached hydrogens (tertiary/aromatic N) is 5. The smallest absolute Gasteiger partial charge is 0.511 e. The van der Waals surface area contributed by atoms with Gasteiger partial charge in [0.2, 0.25) is 11.2 Å². The van der Waals surface area contributed by atoms with Crippen LogP contribution in [-0.2, 0) is 35.3 Å². The Bertz CT molecular complexity index is 1710. The van der Waals surface area contributed by atoms with Crippen molar-refractivity contribution in [2.45, 2.75) is 57.6 Å². The molecule has 1 saturated heterocycles. The van der Waals surface area contributed by atoms with Gasteiger partial charge in [-0.1, -0.05) is 29.8 Å². The summed E-state index contributed by atoms with van der Waals surface area (Å²) in [4.78, 5) is 28.7. The maximum Gasteiger partial charge on any atom is 0.511 e. The van der Waals surface area contributed by atoms with E-state index in [1.54, 1.807) is 45.0 Å². The zero-order valence-electron chi connectivity index (χ0n) is 25.3. The maximum atomic E-state index is 13.5. The van der Waals surface area contributed by atoms with Crippen LogP contribution in [0, 0.1) is 18.0 Å². The number of rotatable bonds is 9. The molecule has 1 aliphatic rings. The summed E-state index contributed by atoms with van der Waals surface area (Å²) < 4.78 is 79.0. The standard InChI is InChI=1S/C28H31F3N6O8S/c1-17-6-8-19(9-7-17)23-14-24(28(29,30)31)32-36(23)21-10-12-22(13-11-21)46(41,42)33-25(38)20-15-35(16-20)37(40)34-45-18(2)43-26(39)44-27(3,4)5/h6-14,18,20H,15-16H2,1-5H3,(H,33,38)/b37-34+. The second-order valence-corrected chi connectivity index (χ2v) is 13.0. The van der Waals surface area contributed by atoms with Gasteiger partial charge in [0.1, 0.15) is 5.60 Å². The van der Waals surface area contributed by atoms with E-state index in [0.29, 0.717) is 5.56 Å². The molecular formula is C28H31F3N6O8S. The van der Waals surface area contributed by atoms with E-state index in [1.165, 1.54) is 19.1 Å². The molecule has 0 aliphatic carbocycles. The molecular weight excluding hydrogens is 637 g/mol. The number of carbonyl (C=O) groups is 2. The van der Waals surface area contributed by atoms with E-state index in [0.717, 1.165) is 33.5 Å². The number of amides is 1. The Morgan fingerprint density at radius 2 is 1.70 bits per heavy atom. The van der Waals surface area contributed by atoms with Gasteiger partial charge in [-0.05, 0) is 58.0 Å². The first-order valence-corrected chi connectivity index (χ1v) is 15.2. The average Bonchev–Trinajstić information content (AvgIpc) is 3.36. The van der Waals surface area contributed by atoms with Crippen molar-refractivity contribution >= 4 is 22.1 Å². The van der Waals surface area contributed by atoms with Crippen LogP contribution in [0.2, 0.25) is 0 Å². The Balaban J connectivity index is 1.37. The number of aromatic nitrogens is 2. The molecule has 1 aliphatic heterocycles. The summed E-state index contributed by atoms with van der Waals surface area (Å²) in [5.41, 5.74) is -0.269. The molecule has 0 bridgehead atoms. The van der Waals surface area contributed by atoms with Crippen molar-refractivity contribution in [2.24, 2.45) is 11.2 Å². The third kappa shape index (κ3) is 8.43. The van der Waals surface area contributed by atoms with E-state index in [2.05, 4.69) is 10.4 Å². The highest BCUT2D eigenvalue weighted by Gasteiger charge is 2.40. The lowest BCUT2D eigenvalue weighted by Gasteiger charge is -2.32. The van der Waals surface area contributed by atoms with Crippen LogP contribution in [0.3, 0.4) is 0 Å². The molecule has 0 radical (unpaired) electrons. The van der Waals surface area contributed by atoms with E-state index in [4.69, 9.17) is 14.3 Å². The summed E-state index contributed by atoms with van der Waals surface area (Å²) in [6, 6.07) is 12.4. The quantitative estimate of drug-likeness (QED) is 0.111. The van der Waals surface area contributed by atoms with Gasteiger partial charge in [0, 0.05) is 12.5 Å². The van der Waals surface area contributed by atoms with Gasteiger partial charge < -0.3 is 14.7 Å². The van der Waals surface area contributed by atoms with Gasteiger partial charge in [0.15, 0.2) is 5.69 Å². The van der Waals surface area contributed by atoms with Crippen LogP contribution in [-0.4, -0.2) is 65.2 Å². The Morgan fingerprint density at radius 1 is 1.09 bits per heavy atom. The topological polar surface area (TPSA) is 167 Å². The summed E-state index contributed by atoms with van der Waals surface area (Å²) >= 11 is 0. The molecule has 2 heterocycles. The highest BCUT2D eigenvalue weighted by atomic mass is 32.2. The van der Waals surface area contributed by atoms with Gasteiger partial charge in [-0.2, -0.15) is 18.3 Å². The molecule has 1 atom stereocenters. The van der Waals surface area contributed by atoms with Crippen molar-refractivity contribution in [1.82, 2.24) is 19.5 Å². The number of alkyl halides is 3. The van der Waals surface area contributed by atoms with Crippen LogP contribution in [0.5, 0.6) is 0 Å². The monoisotopic (exact) mass is 668 g/mol. The number of hydrogen-bond donors (Lipinski definition) is 1. The number of ether oxygens (including phenoxy) is 2. The Kier molecular flexibility index (Phi) is 9.51. The van der Waals surface area contributed by atoms with Crippen molar-refractivity contribution in [1.29, 1.82) is 0 Å². The van der Waals surface area contributed by atoms with E-state index >= 15 is 0 Å². The summed E-state index contributed by atoms with van der Waals surface area (Å²) in [6.45, 7) is 7.63. The number of nitrogens with one attached hydrogen (secondary N) is 1.